The van der Waals surface area contributed by atoms with Gasteiger partial charge in [0.2, 0.25) is 5.91 Å². The summed E-state index contributed by atoms with van der Waals surface area (Å²) in [6.45, 7) is 7.09. The van der Waals surface area contributed by atoms with E-state index in [1.807, 2.05) is 31.0 Å². The Morgan fingerprint density at radius 2 is 2.26 bits per heavy atom. The molecule has 6 heteroatoms. The number of amides is 1. The Labute approximate surface area is 138 Å². The normalized spacial score (nSPS) is 11.0. The SMILES string of the molecule is C=CCCCN(C)C(=NC)NCCC(=O)Nc1ccc(C)cn1. The molecule has 1 amide bonds. The number of anilines is 1. The van der Waals surface area contributed by atoms with Crippen molar-refractivity contribution in [1.29, 1.82) is 0 Å². The molecule has 0 aliphatic heterocycles. The molecule has 0 aromatic carbocycles. The number of rotatable bonds is 8. The molecule has 0 bridgehead atoms. The average Bonchev–Trinajstić information content (AvgIpc) is 2.54. The number of guanidine groups is 1. The van der Waals surface area contributed by atoms with Gasteiger partial charge in [-0.1, -0.05) is 12.1 Å². The molecule has 0 saturated carbocycles. The van der Waals surface area contributed by atoms with Crippen molar-refractivity contribution in [3.8, 4) is 0 Å². The smallest absolute Gasteiger partial charge is 0.227 e. The van der Waals surface area contributed by atoms with Crippen LogP contribution in [-0.2, 0) is 4.79 Å². The molecule has 2 N–H and O–H groups in total. The van der Waals surface area contributed by atoms with Crippen LogP contribution in [0.25, 0.3) is 0 Å². The minimum Gasteiger partial charge on any atom is -0.356 e. The van der Waals surface area contributed by atoms with Gasteiger partial charge in [0.05, 0.1) is 0 Å². The number of allylic oxidation sites excluding steroid dienone is 1. The maximum Gasteiger partial charge on any atom is 0.227 e. The van der Waals surface area contributed by atoms with E-state index in [0.717, 1.165) is 30.9 Å². The standard InChI is InChI=1S/C17H27N5O/c1-5-6-7-12-22(4)17(18-3)19-11-10-16(23)21-15-9-8-14(2)13-20-15/h5,8-9,13H,1,6-7,10-12H2,2-4H3,(H,18,19)(H,20,21,23). The van der Waals surface area contributed by atoms with E-state index in [1.54, 1.807) is 19.3 Å². The lowest BCUT2D eigenvalue weighted by Crippen LogP contribution is -2.40. The van der Waals surface area contributed by atoms with E-state index in [0.29, 0.717) is 18.8 Å². The molecule has 1 aromatic rings. The number of nitrogens with zero attached hydrogens (tertiary/aromatic N) is 3. The summed E-state index contributed by atoms with van der Waals surface area (Å²) < 4.78 is 0. The van der Waals surface area contributed by atoms with Gasteiger partial charge in [-0.3, -0.25) is 9.79 Å². The molecule has 0 aliphatic carbocycles. The molecular formula is C17H27N5O. The zero-order valence-corrected chi connectivity index (χ0v) is 14.3. The fraction of sp³-hybridized carbons (Fsp3) is 0.471. The van der Waals surface area contributed by atoms with Gasteiger partial charge in [0.1, 0.15) is 5.82 Å². The molecule has 0 atom stereocenters. The number of aryl methyl sites for hydroxylation is 1. The lowest BCUT2D eigenvalue weighted by Gasteiger charge is -2.21. The van der Waals surface area contributed by atoms with E-state index < -0.39 is 0 Å². The summed E-state index contributed by atoms with van der Waals surface area (Å²) in [4.78, 5) is 22.3. The van der Waals surface area contributed by atoms with Crippen LogP contribution in [0.15, 0.2) is 36.0 Å². The summed E-state index contributed by atoms with van der Waals surface area (Å²) >= 11 is 0. The first-order valence-electron chi connectivity index (χ1n) is 7.82. The second-order valence-corrected chi connectivity index (χ2v) is 5.35. The zero-order chi connectivity index (χ0) is 17.1. The van der Waals surface area contributed by atoms with E-state index in [2.05, 4.69) is 27.2 Å². The van der Waals surface area contributed by atoms with E-state index in [4.69, 9.17) is 0 Å². The van der Waals surface area contributed by atoms with Crippen LogP contribution < -0.4 is 10.6 Å². The molecule has 0 saturated heterocycles. The fourth-order valence-corrected chi connectivity index (χ4v) is 2.00. The largest absolute Gasteiger partial charge is 0.356 e. The molecule has 1 aromatic heterocycles. The number of unbranched alkanes of at least 4 members (excludes halogenated alkanes) is 1. The Kier molecular flexibility index (Phi) is 8.42. The van der Waals surface area contributed by atoms with Gasteiger partial charge < -0.3 is 15.5 Å². The van der Waals surface area contributed by atoms with Crippen molar-refractivity contribution in [2.75, 3.05) is 32.5 Å². The van der Waals surface area contributed by atoms with Crippen molar-refractivity contribution >= 4 is 17.7 Å². The van der Waals surface area contributed by atoms with Gasteiger partial charge in [0.25, 0.3) is 0 Å². The van der Waals surface area contributed by atoms with Gasteiger partial charge in [0, 0.05) is 39.8 Å². The molecule has 0 unspecified atom stereocenters. The van der Waals surface area contributed by atoms with Crippen molar-refractivity contribution < 1.29 is 4.79 Å². The third kappa shape index (κ3) is 7.44. The molecular weight excluding hydrogens is 290 g/mol. The predicted octanol–water partition coefficient (Wildman–Crippen LogP) is 2.19. The Hall–Kier alpha value is -2.37. The zero-order valence-electron chi connectivity index (χ0n) is 14.3. The van der Waals surface area contributed by atoms with E-state index in [-0.39, 0.29) is 5.91 Å². The van der Waals surface area contributed by atoms with Gasteiger partial charge >= 0.3 is 0 Å². The first kappa shape index (κ1) is 18.7. The number of hydrogen-bond acceptors (Lipinski definition) is 3. The number of carbonyl (C=O) groups excluding carboxylic acids is 1. The first-order valence-corrected chi connectivity index (χ1v) is 7.82. The molecule has 1 heterocycles. The number of pyridine rings is 1. The molecule has 0 spiro atoms. The second-order valence-electron chi connectivity index (χ2n) is 5.35. The van der Waals surface area contributed by atoms with Crippen molar-refractivity contribution in [2.45, 2.75) is 26.2 Å². The topological polar surface area (TPSA) is 69.6 Å². The second kappa shape index (κ2) is 10.4. The van der Waals surface area contributed by atoms with Crippen LogP contribution in [0.3, 0.4) is 0 Å². The Bertz CT molecular complexity index is 524. The molecule has 1 rings (SSSR count). The van der Waals surface area contributed by atoms with E-state index >= 15 is 0 Å². The minimum absolute atomic E-state index is 0.0707. The molecule has 126 valence electrons. The summed E-state index contributed by atoms with van der Waals surface area (Å²) in [5.41, 5.74) is 1.06. The molecule has 6 nitrogen and oxygen atoms in total. The lowest BCUT2D eigenvalue weighted by molar-refractivity contribution is -0.116. The Morgan fingerprint density at radius 1 is 1.48 bits per heavy atom. The fourth-order valence-electron chi connectivity index (χ4n) is 2.00. The molecule has 0 radical (unpaired) electrons. The van der Waals surface area contributed by atoms with Crippen LogP contribution in [0.2, 0.25) is 0 Å². The van der Waals surface area contributed by atoms with E-state index in [9.17, 15) is 4.79 Å². The number of hydrogen-bond donors (Lipinski definition) is 2. The molecule has 0 fully saturated rings. The summed E-state index contributed by atoms with van der Waals surface area (Å²) in [6, 6.07) is 3.72. The highest BCUT2D eigenvalue weighted by Gasteiger charge is 2.07. The van der Waals surface area contributed by atoms with Crippen molar-refractivity contribution in [3.05, 3.63) is 36.5 Å². The van der Waals surface area contributed by atoms with Gasteiger partial charge in [-0.15, -0.1) is 6.58 Å². The third-order valence-corrected chi connectivity index (χ3v) is 3.29. The lowest BCUT2D eigenvalue weighted by atomic mass is 10.3. The van der Waals surface area contributed by atoms with Crippen molar-refractivity contribution in [2.24, 2.45) is 4.99 Å². The predicted molar refractivity (Wildman–Crippen MR) is 95.6 cm³/mol. The monoisotopic (exact) mass is 317 g/mol. The highest BCUT2D eigenvalue weighted by atomic mass is 16.1. The highest BCUT2D eigenvalue weighted by Crippen LogP contribution is 2.04. The summed E-state index contributed by atoms with van der Waals surface area (Å²) in [7, 11) is 3.72. The number of aromatic nitrogens is 1. The van der Waals surface area contributed by atoms with Gasteiger partial charge in [-0.25, -0.2) is 4.98 Å². The maximum absolute atomic E-state index is 11.9. The van der Waals surface area contributed by atoms with Crippen molar-refractivity contribution in [3.63, 3.8) is 0 Å². The summed E-state index contributed by atoms with van der Waals surface area (Å²) in [5, 5.41) is 5.97. The minimum atomic E-state index is -0.0707. The Balaban J connectivity index is 2.31. The van der Waals surface area contributed by atoms with Crippen LogP contribution >= 0.6 is 0 Å². The van der Waals surface area contributed by atoms with Crippen LogP contribution in [0.5, 0.6) is 0 Å². The maximum atomic E-state index is 11.9. The summed E-state index contributed by atoms with van der Waals surface area (Å²) in [5.74, 6) is 1.29. The number of nitrogens with one attached hydrogen (secondary N) is 2. The van der Waals surface area contributed by atoms with Gasteiger partial charge in [-0.2, -0.15) is 0 Å². The highest BCUT2D eigenvalue weighted by molar-refractivity contribution is 5.90. The third-order valence-electron chi connectivity index (χ3n) is 3.29. The van der Waals surface area contributed by atoms with Crippen LogP contribution in [-0.4, -0.2) is 48.9 Å². The number of aliphatic imine (C=N–C) groups is 1. The quantitative estimate of drug-likeness (QED) is 0.334. The number of carbonyl (C=O) groups is 1. The Morgan fingerprint density at radius 3 is 2.87 bits per heavy atom. The first-order chi connectivity index (χ1) is 11.1. The van der Waals surface area contributed by atoms with Gasteiger partial charge in [-0.05, 0) is 31.4 Å². The van der Waals surface area contributed by atoms with Crippen molar-refractivity contribution in [1.82, 2.24) is 15.2 Å². The molecule has 0 aliphatic rings. The summed E-state index contributed by atoms with van der Waals surface area (Å²) in [6.07, 6.45) is 6.00. The van der Waals surface area contributed by atoms with Crippen LogP contribution in [0.4, 0.5) is 5.82 Å². The van der Waals surface area contributed by atoms with Crippen LogP contribution in [0, 0.1) is 6.92 Å². The van der Waals surface area contributed by atoms with Gasteiger partial charge in [0.15, 0.2) is 5.96 Å². The van der Waals surface area contributed by atoms with Crippen LogP contribution in [0.1, 0.15) is 24.8 Å². The average molecular weight is 317 g/mol. The molecule has 23 heavy (non-hydrogen) atoms. The van der Waals surface area contributed by atoms with E-state index in [1.165, 1.54) is 0 Å².